The first-order chi connectivity index (χ1) is 12.5. The summed E-state index contributed by atoms with van der Waals surface area (Å²) in [4.78, 5) is 29.0. The number of thiazole rings is 1. The Hall–Kier alpha value is -2.41. The summed E-state index contributed by atoms with van der Waals surface area (Å²) in [5.41, 5.74) is 1.49. The van der Waals surface area contributed by atoms with Crippen LogP contribution in [0, 0.1) is 12.8 Å². The molecule has 1 aromatic heterocycles. The van der Waals surface area contributed by atoms with Crippen LogP contribution in [0.3, 0.4) is 0 Å². The highest BCUT2D eigenvalue weighted by Gasteiger charge is 2.29. The summed E-state index contributed by atoms with van der Waals surface area (Å²) in [6.45, 7) is 3.46. The van der Waals surface area contributed by atoms with Gasteiger partial charge in [-0.15, -0.1) is 11.3 Å². The van der Waals surface area contributed by atoms with E-state index < -0.39 is 5.97 Å². The number of amides is 1. The lowest BCUT2D eigenvalue weighted by atomic mass is 10.2. The number of hydrogen-bond acceptors (Lipinski definition) is 6. The van der Waals surface area contributed by atoms with Crippen molar-refractivity contribution in [1.82, 2.24) is 10.3 Å². The summed E-state index contributed by atoms with van der Waals surface area (Å²) < 4.78 is 10.3. The van der Waals surface area contributed by atoms with Gasteiger partial charge in [0, 0.05) is 11.6 Å². The van der Waals surface area contributed by atoms with E-state index in [1.807, 2.05) is 31.2 Å². The first-order valence-electron chi connectivity index (χ1n) is 8.56. The number of esters is 1. The lowest BCUT2D eigenvalue weighted by Gasteiger charge is -2.12. The van der Waals surface area contributed by atoms with Crippen molar-refractivity contribution in [2.24, 2.45) is 5.92 Å². The largest absolute Gasteiger partial charge is 0.497 e. The number of rotatable bonds is 7. The number of aryl methyl sites for hydroxylation is 1. The van der Waals surface area contributed by atoms with Gasteiger partial charge in [0.05, 0.1) is 12.8 Å². The molecule has 1 atom stereocenters. The zero-order chi connectivity index (χ0) is 18.7. The highest BCUT2D eigenvalue weighted by atomic mass is 32.1. The molecule has 0 unspecified atom stereocenters. The fourth-order valence-electron chi connectivity index (χ4n) is 2.65. The predicted molar refractivity (Wildman–Crippen MR) is 99.5 cm³/mol. The van der Waals surface area contributed by atoms with Gasteiger partial charge in [0.25, 0.3) is 5.91 Å². The molecule has 1 amide bonds. The number of nitrogens with zero attached hydrogens (tertiary/aromatic N) is 1. The number of carbonyl (C=O) groups excluding carboxylic acids is 2. The Morgan fingerprint density at radius 3 is 2.62 bits per heavy atom. The van der Waals surface area contributed by atoms with Crippen molar-refractivity contribution in [3.8, 4) is 16.3 Å². The molecule has 0 spiro atoms. The van der Waals surface area contributed by atoms with Crippen LogP contribution in [-0.4, -0.2) is 36.6 Å². The fraction of sp³-hybridized carbons (Fsp3) is 0.421. The highest BCUT2D eigenvalue weighted by molar-refractivity contribution is 7.17. The maximum absolute atomic E-state index is 12.3. The Bertz CT molecular complexity index is 796. The summed E-state index contributed by atoms with van der Waals surface area (Å²) >= 11 is 1.26. The van der Waals surface area contributed by atoms with Crippen LogP contribution in [0.1, 0.15) is 35.1 Å². The van der Waals surface area contributed by atoms with Crippen molar-refractivity contribution in [2.45, 2.75) is 32.7 Å². The van der Waals surface area contributed by atoms with E-state index in [1.54, 1.807) is 14.0 Å². The third-order valence-electron chi connectivity index (χ3n) is 4.37. The van der Waals surface area contributed by atoms with E-state index in [-0.39, 0.29) is 18.6 Å². The Kier molecular flexibility index (Phi) is 5.56. The summed E-state index contributed by atoms with van der Waals surface area (Å²) in [5, 5.41) is 3.59. The maximum Gasteiger partial charge on any atom is 0.350 e. The second-order valence-corrected chi connectivity index (χ2v) is 7.43. The molecule has 7 heteroatoms. The van der Waals surface area contributed by atoms with Crippen molar-refractivity contribution in [2.75, 3.05) is 13.7 Å². The van der Waals surface area contributed by atoms with E-state index >= 15 is 0 Å². The van der Waals surface area contributed by atoms with Crippen molar-refractivity contribution in [3.05, 3.63) is 34.8 Å². The van der Waals surface area contributed by atoms with Crippen LogP contribution >= 0.6 is 11.3 Å². The van der Waals surface area contributed by atoms with Crippen molar-refractivity contribution in [1.29, 1.82) is 0 Å². The van der Waals surface area contributed by atoms with E-state index in [1.165, 1.54) is 11.3 Å². The third kappa shape index (κ3) is 4.40. The van der Waals surface area contributed by atoms with E-state index in [0.717, 1.165) is 29.2 Å². The topological polar surface area (TPSA) is 77.5 Å². The molecule has 2 aromatic rings. The lowest BCUT2D eigenvalue weighted by molar-refractivity contribution is -0.124. The average Bonchev–Trinajstić information content (AvgIpc) is 3.42. The zero-order valence-corrected chi connectivity index (χ0v) is 15.9. The van der Waals surface area contributed by atoms with Crippen molar-refractivity contribution in [3.63, 3.8) is 0 Å². The normalized spacial score (nSPS) is 14.6. The lowest BCUT2D eigenvalue weighted by Crippen LogP contribution is -2.37. The van der Waals surface area contributed by atoms with Crippen LogP contribution in [0.15, 0.2) is 24.3 Å². The number of ether oxygens (including phenoxy) is 2. The van der Waals surface area contributed by atoms with Crippen molar-refractivity contribution >= 4 is 23.2 Å². The number of hydrogen-bond donors (Lipinski definition) is 1. The number of methoxy groups -OCH3 is 1. The molecule has 6 nitrogen and oxygen atoms in total. The molecule has 0 saturated heterocycles. The summed E-state index contributed by atoms with van der Waals surface area (Å²) in [6, 6.07) is 7.59. The molecule has 1 aliphatic rings. The van der Waals surface area contributed by atoms with E-state index in [9.17, 15) is 9.59 Å². The molecular formula is C19H22N2O4S. The van der Waals surface area contributed by atoms with E-state index in [2.05, 4.69) is 10.3 Å². The molecular weight excluding hydrogens is 352 g/mol. The average molecular weight is 374 g/mol. The molecule has 0 radical (unpaired) electrons. The Morgan fingerprint density at radius 1 is 1.31 bits per heavy atom. The Balaban J connectivity index is 1.60. The minimum atomic E-state index is -0.519. The van der Waals surface area contributed by atoms with Gasteiger partial charge < -0.3 is 14.8 Å². The number of carbonyl (C=O) groups is 2. The van der Waals surface area contributed by atoms with Crippen LogP contribution in [0.4, 0.5) is 0 Å². The second-order valence-electron chi connectivity index (χ2n) is 6.43. The third-order valence-corrected chi connectivity index (χ3v) is 5.56. The molecule has 138 valence electrons. The quantitative estimate of drug-likeness (QED) is 0.753. The van der Waals surface area contributed by atoms with Crippen LogP contribution in [0.2, 0.25) is 0 Å². The van der Waals surface area contributed by atoms with Crippen molar-refractivity contribution < 1.29 is 19.1 Å². The molecule has 0 bridgehead atoms. The molecule has 26 heavy (non-hydrogen) atoms. The van der Waals surface area contributed by atoms with Gasteiger partial charge in [-0.25, -0.2) is 9.78 Å². The first kappa shape index (κ1) is 18.4. The molecule has 1 N–H and O–H groups in total. The van der Waals surface area contributed by atoms with Crippen LogP contribution in [0.5, 0.6) is 5.75 Å². The molecule has 1 saturated carbocycles. The molecule has 3 rings (SSSR count). The highest BCUT2D eigenvalue weighted by Crippen LogP contribution is 2.32. The minimum absolute atomic E-state index is 0.132. The van der Waals surface area contributed by atoms with Gasteiger partial charge in [-0.1, -0.05) is 0 Å². The van der Waals surface area contributed by atoms with Gasteiger partial charge in [-0.2, -0.15) is 0 Å². The summed E-state index contributed by atoms with van der Waals surface area (Å²) in [5.74, 6) is 0.530. The van der Waals surface area contributed by atoms with Gasteiger partial charge in [0.1, 0.15) is 15.6 Å². The fourth-order valence-corrected chi connectivity index (χ4v) is 3.61. The summed E-state index contributed by atoms with van der Waals surface area (Å²) in [6.07, 6.45) is 2.30. The standard InChI is InChI=1S/C19H22N2O4S/c1-11(13-4-5-13)20-16(22)10-25-19(23)17-12(2)21-18(26-17)14-6-8-15(24-3)9-7-14/h6-9,11,13H,4-5,10H2,1-3H3,(H,20,22)/t11-/m0/s1. The van der Waals surface area contributed by atoms with Crippen LogP contribution < -0.4 is 10.1 Å². The smallest absolute Gasteiger partial charge is 0.350 e. The Labute approximate surface area is 156 Å². The number of nitrogens with one attached hydrogen (secondary N) is 1. The van der Waals surface area contributed by atoms with Crippen LogP contribution in [-0.2, 0) is 9.53 Å². The second kappa shape index (κ2) is 7.86. The SMILES string of the molecule is COc1ccc(-c2nc(C)c(C(=O)OCC(=O)N[C@@H](C)C3CC3)s2)cc1. The first-order valence-corrected chi connectivity index (χ1v) is 9.38. The van der Waals surface area contributed by atoms with Gasteiger partial charge in [-0.05, 0) is 56.9 Å². The molecule has 0 aliphatic heterocycles. The van der Waals surface area contributed by atoms with Gasteiger partial charge >= 0.3 is 5.97 Å². The zero-order valence-electron chi connectivity index (χ0n) is 15.1. The molecule has 1 fully saturated rings. The maximum atomic E-state index is 12.3. The predicted octanol–water partition coefficient (Wildman–Crippen LogP) is 3.20. The van der Waals surface area contributed by atoms with E-state index in [4.69, 9.17) is 9.47 Å². The monoisotopic (exact) mass is 374 g/mol. The molecule has 1 heterocycles. The minimum Gasteiger partial charge on any atom is -0.497 e. The summed E-state index contributed by atoms with van der Waals surface area (Å²) in [7, 11) is 1.61. The molecule has 1 aromatic carbocycles. The van der Waals surface area contributed by atoms with Crippen LogP contribution in [0.25, 0.3) is 10.6 Å². The van der Waals surface area contributed by atoms with Gasteiger partial charge in [0.15, 0.2) is 6.61 Å². The van der Waals surface area contributed by atoms with Gasteiger partial charge in [0.2, 0.25) is 0 Å². The Morgan fingerprint density at radius 2 is 2.00 bits per heavy atom. The number of benzene rings is 1. The number of aromatic nitrogens is 1. The molecule has 1 aliphatic carbocycles. The van der Waals surface area contributed by atoms with E-state index in [0.29, 0.717) is 16.5 Å². The van der Waals surface area contributed by atoms with Gasteiger partial charge in [-0.3, -0.25) is 4.79 Å².